The zero-order valence-corrected chi connectivity index (χ0v) is 20.1. The van der Waals surface area contributed by atoms with E-state index in [1.165, 1.54) is 36.4 Å². The lowest BCUT2D eigenvalue weighted by Gasteiger charge is -2.38. The van der Waals surface area contributed by atoms with Crippen LogP contribution in [-0.2, 0) is 4.79 Å². The number of alkyl halides is 3. The van der Waals surface area contributed by atoms with Crippen molar-refractivity contribution < 1.29 is 46.5 Å². The van der Waals surface area contributed by atoms with Crippen LogP contribution in [0.2, 0.25) is 0 Å². The molecule has 39 heavy (non-hydrogen) atoms. The molecule has 0 saturated carbocycles. The standard InChI is InChI=1S/C24H21F2N3O3.C2HF3O2/c25-18-6-2-1-5-17(18)23(30)27-20-15-16(24(31)32)9-10-22(20)29-13-11-28(12-14-29)21-8-4-3-7-19(21)26;3-2(4,5)1(6)7/h1-10,15H,11-14H2,(H,27,30)(H,31,32);(H,6,7). The summed E-state index contributed by atoms with van der Waals surface area (Å²) in [6, 6.07) is 16.6. The Morgan fingerprint density at radius 3 is 1.77 bits per heavy atom. The van der Waals surface area contributed by atoms with Crippen molar-refractivity contribution in [3.8, 4) is 0 Å². The van der Waals surface area contributed by atoms with Gasteiger partial charge in [-0.25, -0.2) is 18.4 Å². The van der Waals surface area contributed by atoms with Crippen LogP contribution in [0.5, 0.6) is 0 Å². The van der Waals surface area contributed by atoms with Crippen molar-refractivity contribution in [3.63, 3.8) is 0 Å². The number of anilines is 3. The Bertz CT molecular complexity index is 1360. The predicted octanol–water partition coefficient (Wildman–Crippen LogP) is 4.88. The fraction of sp³-hybridized carbons (Fsp3) is 0.192. The summed E-state index contributed by atoms with van der Waals surface area (Å²) in [5.74, 6) is -5.52. The average molecular weight is 551 g/mol. The average Bonchev–Trinajstić information content (AvgIpc) is 2.89. The number of halogens is 5. The minimum atomic E-state index is -5.08. The number of hydrogen-bond donors (Lipinski definition) is 3. The summed E-state index contributed by atoms with van der Waals surface area (Å²) >= 11 is 0. The van der Waals surface area contributed by atoms with Crippen molar-refractivity contribution in [2.75, 3.05) is 41.3 Å². The molecule has 3 aromatic carbocycles. The molecule has 13 heteroatoms. The molecular weight excluding hydrogens is 529 g/mol. The molecule has 0 aliphatic carbocycles. The van der Waals surface area contributed by atoms with Crippen molar-refractivity contribution in [3.05, 3.63) is 89.5 Å². The van der Waals surface area contributed by atoms with E-state index in [1.807, 2.05) is 9.80 Å². The zero-order valence-electron chi connectivity index (χ0n) is 20.1. The predicted molar refractivity (Wildman–Crippen MR) is 132 cm³/mol. The van der Waals surface area contributed by atoms with Crippen LogP contribution >= 0.6 is 0 Å². The SMILES string of the molecule is O=C(O)C(F)(F)F.O=C(O)c1ccc(N2CCN(c3ccccc3F)CC2)c(NC(=O)c2ccccc2F)c1. The summed E-state index contributed by atoms with van der Waals surface area (Å²) in [7, 11) is 0. The van der Waals surface area contributed by atoms with E-state index < -0.39 is 29.8 Å². The first-order valence-corrected chi connectivity index (χ1v) is 11.4. The number of piperazine rings is 1. The van der Waals surface area contributed by atoms with Crippen molar-refractivity contribution in [2.45, 2.75) is 6.18 Å². The number of carbonyl (C=O) groups excluding carboxylic acids is 1. The Morgan fingerprint density at radius 1 is 0.744 bits per heavy atom. The third-order valence-electron chi connectivity index (χ3n) is 5.67. The van der Waals surface area contributed by atoms with Gasteiger partial charge in [0.05, 0.1) is 28.2 Å². The highest BCUT2D eigenvalue weighted by Crippen LogP contribution is 2.30. The van der Waals surface area contributed by atoms with Crippen LogP contribution in [0.25, 0.3) is 0 Å². The summed E-state index contributed by atoms with van der Waals surface area (Å²) in [6.07, 6.45) is -5.08. The molecule has 1 heterocycles. The first-order chi connectivity index (χ1) is 18.4. The maximum absolute atomic E-state index is 14.1. The number of nitrogens with one attached hydrogen (secondary N) is 1. The Balaban J connectivity index is 0.000000532. The topological polar surface area (TPSA) is 110 Å². The van der Waals surface area contributed by atoms with Gasteiger partial charge in [-0.1, -0.05) is 24.3 Å². The van der Waals surface area contributed by atoms with Gasteiger partial charge in [-0.2, -0.15) is 13.2 Å². The summed E-state index contributed by atoms with van der Waals surface area (Å²) in [5, 5.41) is 19.1. The van der Waals surface area contributed by atoms with E-state index >= 15 is 0 Å². The van der Waals surface area contributed by atoms with E-state index in [9.17, 15) is 36.6 Å². The third-order valence-corrected chi connectivity index (χ3v) is 5.67. The molecule has 0 radical (unpaired) electrons. The molecule has 1 fully saturated rings. The quantitative estimate of drug-likeness (QED) is 0.388. The van der Waals surface area contributed by atoms with Gasteiger partial charge in [0.1, 0.15) is 11.6 Å². The van der Waals surface area contributed by atoms with Gasteiger partial charge in [-0.15, -0.1) is 0 Å². The lowest BCUT2D eigenvalue weighted by atomic mass is 10.1. The number of carboxylic acid groups (broad SMARTS) is 2. The minimum absolute atomic E-state index is 0.00239. The fourth-order valence-corrected chi connectivity index (χ4v) is 3.78. The number of aromatic carboxylic acids is 1. The van der Waals surface area contributed by atoms with Gasteiger partial charge in [0.2, 0.25) is 0 Å². The first kappa shape index (κ1) is 28.9. The minimum Gasteiger partial charge on any atom is -0.478 e. The summed E-state index contributed by atoms with van der Waals surface area (Å²) in [6.45, 7) is 2.15. The van der Waals surface area contributed by atoms with E-state index in [4.69, 9.17) is 9.90 Å². The highest BCUT2D eigenvalue weighted by Gasteiger charge is 2.38. The molecule has 0 spiro atoms. The highest BCUT2D eigenvalue weighted by molar-refractivity contribution is 6.07. The second-order valence-corrected chi connectivity index (χ2v) is 8.20. The number of aliphatic carboxylic acids is 1. The van der Waals surface area contributed by atoms with E-state index in [1.54, 1.807) is 30.3 Å². The molecule has 8 nitrogen and oxygen atoms in total. The molecule has 1 saturated heterocycles. The van der Waals surface area contributed by atoms with Crippen LogP contribution < -0.4 is 15.1 Å². The molecule has 1 amide bonds. The second kappa shape index (κ2) is 12.2. The Morgan fingerprint density at radius 2 is 1.26 bits per heavy atom. The van der Waals surface area contributed by atoms with Crippen molar-refractivity contribution in [1.82, 2.24) is 0 Å². The molecule has 0 bridgehead atoms. The number of rotatable bonds is 5. The lowest BCUT2D eigenvalue weighted by Crippen LogP contribution is -2.47. The summed E-state index contributed by atoms with van der Waals surface area (Å²) in [4.78, 5) is 36.9. The number of nitrogens with zero attached hydrogens (tertiary/aromatic N) is 2. The number of benzene rings is 3. The van der Waals surface area contributed by atoms with Gasteiger partial charge >= 0.3 is 18.1 Å². The van der Waals surface area contributed by atoms with Gasteiger partial charge in [0, 0.05) is 26.2 Å². The van der Waals surface area contributed by atoms with Crippen LogP contribution in [0.1, 0.15) is 20.7 Å². The van der Waals surface area contributed by atoms with Crippen LogP contribution in [0.4, 0.5) is 39.0 Å². The van der Waals surface area contributed by atoms with E-state index in [0.717, 1.165) is 0 Å². The Hall–Kier alpha value is -4.68. The molecular formula is C26H22F5N3O5. The molecule has 206 valence electrons. The van der Waals surface area contributed by atoms with Crippen molar-refractivity contribution >= 4 is 34.9 Å². The number of amides is 1. The molecule has 0 aromatic heterocycles. The molecule has 3 aromatic rings. The molecule has 1 aliphatic heterocycles. The van der Waals surface area contributed by atoms with Gasteiger partial charge in [-0.3, -0.25) is 4.79 Å². The molecule has 3 N–H and O–H groups in total. The van der Waals surface area contributed by atoms with Crippen LogP contribution in [0.3, 0.4) is 0 Å². The molecule has 0 unspecified atom stereocenters. The van der Waals surface area contributed by atoms with Gasteiger partial charge in [-0.05, 0) is 42.5 Å². The van der Waals surface area contributed by atoms with Crippen LogP contribution in [0.15, 0.2) is 66.7 Å². The number of carboxylic acids is 2. The zero-order chi connectivity index (χ0) is 28.7. The summed E-state index contributed by atoms with van der Waals surface area (Å²) < 4.78 is 59.9. The molecule has 1 aliphatic rings. The lowest BCUT2D eigenvalue weighted by molar-refractivity contribution is -0.192. The molecule has 4 rings (SSSR count). The first-order valence-electron chi connectivity index (χ1n) is 11.4. The van der Waals surface area contributed by atoms with Gasteiger partial charge in [0.15, 0.2) is 0 Å². The van der Waals surface area contributed by atoms with Gasteiger partial charge in [0.25, 0.3) is 5.91 Å². The Kier molecular flexibility index (Phi) is 9.07. The van der Waals surface area contributed by atoms with Gasteiger partial charge < -0.3 is 25.3 Å². The monoisotopic (exact) mass is 551 g/mol. The number of hydrogen-bond acceptors (Lipinski definition) is 5. The fourth-order valence-electron chi connectivity index (χ4n) is 3.78. The van der Waals surface area contributed by atoms with Crippen molar-refractivity contribution in [1.29, 1.82) is 0 Å². The largest absolute Gasteiger partial charge is 0.490 e. The normalized spacial score (nSPS) is 13.3. The maximum Gasteiger partial charge on any atom is 0.490 e. The third kappa shape index (κ3) is 7.43. The second-order valence-electron chi connectivity index (χ2n) is 8.20. The number of para-hydroxylation sites is 1. The van der Waals surface area contributed by atoms with Crippen LogP contribution in [-0.4, -0.2) is 60.4 Å². The smallest absolute Gasteiger partial charge is 0.478 e. The number of carbonyl (C=O) groups is 3. The summed E-state index contributed by atoms with van der Waals surface area (Å²) in [5.41, 5.74) is 1.29. The molecule has 0 atom stereocenters. The van der Waals surface area contributed by atoms with E-state index in [2.05, 4.69) is 5.32 Å². The Labute approximate surface area is 218 Å². The van der Waals surface area contributed by atoms with Crippen molar-refractivity contribution in [2.24, 2.45) is 0 Å². The van der Waals surface area contributed by atoms with Crippen LogP contribution in [0, 0.1) is 11.6 Å². The van der Waals surface area contributed by atoms with E-state index in [-0.39, 0.29) is 22.6 Å². The highest BCUT2D eigenvalue weighted by atomic mass is 19.4. The van der Waals surface area contributed by atoms with E-state index in [0.29, 0.717) is 37.6 Å². The maximum atomic E-state index is 14.1.